The van der Waals surface area contributed by atoms with Crippen molar-refractivity contribution in [3.8, 4) is 0 Å². The Hall–Kier alpha value is -1.59. The summed E-state index contributed by atoms with van der Waals surface area (Å²) >= 11 is 6.10. The van der Waals surface area contributed by atoms with E-state index in [9.17, 15) is 9.59 Å². The zero-order chi connectivity index (χ0) is 17.3. The van der Waals surface area contributed by atoms with Gasteiger partial charge in [-0.3, -0.25) is 9.59 Å². The van der Waals surface area contributed by atoms with Gasteiger partial charge in [0.05, 0.1) is 12.0 Å². The predicted octanol–water partition coefficient (Wildman–Crippen LogP) is 1.97. The molecule has 0 bridgehead atoms. The molecule has 4 unspecified atom stereocenters. The molecule has 2 fully saturated rings. The second-order valence-corrected chi connectivity index (χ2v) is 7.34. The molecule has 0 aliphatic carbocycles. The van der Waals surface area contributed by atoms with Crippen LogP contribution in [0.4, 0.5) is 0 Å². The molecule has 130 valence electrons. The number of benzene rings is 1. The first-order chi connectivity index (χ1) is 11.5. The quantitative estimate of drug-likeness (QED) is 0.877. The zero-order valence-electron chi connectivity index (χ0n) is 14.1. The average Bonchev–Trinajstić information content (AvgIpc) is 2.85. The number of amides is 2. The Morgan fingerprint density at radius 2 is 2.21 bits per heavy atom. The number of nitrogens with zero attached hydrogens (tertiary/aromatic N) is 1. The van der Waals surface area contributed by atoms with Gasteiger partial charge in [-0.1, -0.05) is 30.7 Å². The summed E-state index contributed by atoms with van der Waals surface area (Å²) in [6, 6.07) is 7.34. The van der Waals surface area contributed by atoms with Crippen molar-refractivity contribution in [3.63, 3.8) is 0 Å². The van der Waals surface area contributed by atoms with Gasteiger partial charge in [0.2, 0.25) is 11.8 Å². The molecule has 4 atom stereocenters. The van der Waals surface area contributed by atoms with E-state index in [1.165, 1.54) is 0 Å². The monoisotopic (exact) mass is 349 g/mol. The maximum atomic E-state index is 12.9. The van der Waals surface area contributed by atoms with E-state index in [0.717, 1.165) is 25.1 Å². The van der Waals surface area contributed by atoms with Gasteiger partial charge >= 0.3 is 0 Å². The Balaban J connectivity index is 1.79. The molecule has 1 aromatic rings. The van der Waals surface area contributed by atoms with E-state index >= 15 is 0 Å². The smallest absolute Gasteiger partial charge is 0.226 e. The molecule has 0 aromatic heterocycles. The van der Waals surface area contributed by atoms with Crippen LogP contribution in [0, 0.1) is 11.8 Å². The number of nitrogens with one attached hydrogen (secondary N) is 2. The molecule has 2 heterocycles. The van der Waals surface area contributed by atoms with Crippen molar-refractivity contribution in [3.05, 3.63) is 34.9 Å². The molecule has 2 aliphatic rings. The van der Waals surface area contributed by atoms with E-state index in [2.05, 4.69) is 17.6 Å². The van der Waals surface area contributed by atoms with Crippen LogP contribution in [0.1, 0.15) is 31.4 Å². The fourth-order valence-electron chi connectivity index (χ4n) is 3.77. The van der Waals surface area contributed by atoms with Crippen LogP contribution in [0.25, 0.3) is 0 Å². The summed E-state index contributed by atoms with van der Waals surface area (Å²) in [5.74, 6) is -0.0138. The second kappa shape index (κ2) is 7.11. The third kappa shape index (κ3) is 3.42. The molecule has 2 amide bonds. The van der Waals surface area contributed by atoms with Crippen molar-refractivity contribution in [1.82, 2.24) is 15.5 Å². The van der Waals surface area contributed by atoms with E-state index in [0.29, 0.717) is 10.9 Å². The first kappa shape index (κ1) is 17.2. The largest absolute Gasteiger partial charge is 0.353 e. The molecule has 5 nitrogen and oxygen atoms in total. The molecule has 0 radical (unpaired) electrons. The lowest BCUT2D eigenvalue weighted by atomic mass is 9.90. The molecule has 2 saturated heterocycles. The minimum atomic E-state index is -0.372. The van der Waals surface area contributed by atoms with Crippen molar-refractivity contribution in [1.29, 1.82) is 0 Å². The highest BCUT2D eigenvalue weighted by molar-refractivity contribution is 6.30. The predicted molar refractivity (Wildman–Crippen MR) is 93.7 cm³/mol. The summed E-state index contributed by atoms with van der Waals surface area (Å²) < 4.78 is 0. The van der Waals surface area contributed by atoms with Crippen LogP contribution in [-0.2, 0) is 9.59 Å². The third-order valence-electron chi connectivity index (χ3n) is 5.23. The Morgan fingerprint density at radius 1 is 1.42 bits per heavy atom. The second-order valence-electron chi connectivity index (χ2n) is 6.90. The lowest BCUT2D eigenvalue weighted by molar-refractivity contribution is -0.128. The van der Waals surface area contributed by atoms with Crippen LogP contribution in [0.5, 0.6) is 0 Å². The number of halogens is 1. The normalized spacial score (nSPS) is 30.5. The van der Waals surface area contributed by atoms with Crippen LogP contribution in [0.3, 0.4) is 0 Å². The molecular formula is C18H24ClN3O2. The van der Waals surface area contributed by atoms with Crippen molar-refractivity contribution in [2.75, 3.05) is 20.1 Å². The number of hydrogen-bond acceptors (Lipinski definition) is 3. The summed E-state index contributed by atoms with van der Waals surface area (Å²) in [7, 11) is 1.76. The minimum absolute atomic E-state index is 0.00140. The average molecular weight is 350 g/mol. The summed E-state index contributed by atoms with van der Waals surface area (Å²) in [4.78, 5) is 26.8. The molecule has 0 saturated carbocycles. The van der Waals surface area contributed by atoms with Crippen LogP contribution >= 0.6 is 11.6 Å². The Bertz CT molecular complexity index is 636. The Labute approximate surface area is 147 Å². The zero-order valence-corrected chi connectivity index (χ0v) is 14.8. The first-order valence-corrected chi connectivity index (χ1v) is 8.87. The van der Waals surface area contributed by atoms with E-state index in [-0.39, 0.29) is 36.2 Å². The van der Waals surface area contributed by atoms with Crippen molar-refractivity contribution in [2.45, 2.75) is 31.8 Å². The van der Waals surface area contributed by atoms with Gasteiger partial charge in [-0.05, 0) is 43.1 Å². The molecule has 2 N–H and O–H groups in total. The van der Waals surface area contributed by atoms with E-state index in [4.69, 9.17) is 11.6 Å². The van der Waals surface area contributed by atoms with Gasteiger partial charge in [-0.2, -0.15) is 0 Å². The summed E-state index contributed by atoms with van der Waals surface area (Å²) in [6.45, 7) is 3.96. The summed E-state index contributed by atoms with van der Waals surface area (Å²) in [5.41, 5.74) is 0.911. The van der Waals surface area contributed by atoms with E-state index in [1.54, 1.807) is 18.0 Å². The summed E-state index contributed by atoms with van der Waals surface area (Å²) in [5, 5.41) is 7.13. The maximum Gasteiger partial charge on any atom is 0.226 e. The van der Waals surface area contributed by atoms with Crippen molar-refractivity contribution < 1.29 is 9.59 Å². The lowest BCUT2D eigenvalue weighted by Crippen LogP contribution is -2.50. The highest BCUT2D eigenvalue weighted by atomic mass is 35.5. The van der Waals surface area contributed by atoms with Gasteiger partial charge in [0.25, 0.3) is 0 Å². The van der Waals surface area contributed by atoms with Crippen LogP contribution in [0.2, 0.25) is 5.02 Å². The van der Waals surface area contributed by atoms with Crippen molar-refractivity contribution in [2.24, 2.45) is 11.8 Å². The third-order valence-corrected chi connectivity index (χ3v) is 5.46. The molecule has 1 aromatic carbocycles. The number of piperidine rings is 1. The van der Waals surface area contributed by atoms with Gasteiger partial charge in [0.1, 0.15) is 0 Å². The molecule has 3 rings (SSSR count). The number of rotatable bonds is 3. The number of carbonyl (C=O) groups excluding carboxylic acids is 2. The van der Waals surface area contributed by atoms with Crippen molar-refractivity contribution >= 4 is 23.4 Å². The van der Waals surface area contributed by atoms with Gasteiger partial charge in [0.15, 0.2) is 0 Å². The topological polar surface area (TPSA) is 61.4 Å². The SMILES string of the molecule is CC1CNCCC1NC(=O)C1CC(=O)N(C)C1c1cccc(Cl)c1. The van der Waals surface area contributed by atoms with Gasteiger partial charge < -0.3 is 15.5 Å². The fourth-order valence-corrected chi connectivity index (χ4v) is 3.97. The summed E-state index contributed by atoms with van der Waals surface area (Å²) in [6.07, 6.45) is 1.17. The highest BCUT2D eigenvalue weighted by Gasteiger charge is 2.43. The maximum absolute atomic E-state index is 12.9. The first-order valence-electron chi connectivity index (χ1n) is 8.49. The number of hydrogen-bond donors (Lipinski definition) is 2. The van der Waals surface area contributed by atoms with Gasteiger partial charge in [-0.25, -0.2) is 0 Å². The molecule has 6 heteroatoms. The molecule has 24 heavy (non-hydrogen) atoms. The van der Waals surface area contributed by atoms with Crippen LogP contribution in [0.15, 0.2) is 24.3 Å². The van der Waals surface area contributed by atoms with Gasteiger partial charge in [0, 0.05) is 24.5 Å². The highest BCUT2D eigenvalue weighted by Crippen LogP contribution is 2.38. The lowest BCUT2D eigenvalue weighted by Gasteiger charge is -2.32. The van der Waals surface area contributed by atoms with Gasteiger partial charge in [-0.15, -0.1) is 0 Å². The number of carbonyl (C=O) groups is 2. The standard InChI is InChI=1S/C18H24ClN3O2/c1-11-10-20-7-6-15(11)21-18(24)14-9-16(23)22(2)17(14)12-4-3-5-13(19)8-12/h3-5,8,11,14-15,17,20H,6-7,9-10H2,1-2H3,(H,21,24). The Morgan fingerprint density at radius 3 is 2.92 bits per heavy atom. The minimum Gasteiger partial charge on any atom is -0.353 e. The molecular weight excluding hydrogens is 326 g/mol. The van der Waals surface area contributed by atoms with Crippen LogP contribution < -0.4 is 10.6 Å². The molecule has 2 aliphatic heterocycles. The van der Waals surface area contributed by atoms with E-state index in [1.807, 2.05) is 18.2 Å². The molecule has 0 spiro atoms. The number of likely N-dealkylation sites (tertiary alicyclic amines) is 1. The van der Waals surface area contributed by atoms with Crippen LogP contribution in [-0.4, -0.2) is 42.9 Å². The van der Waals surface area contributed by atoms with E-state index < -0.39 is 0 Å². The Kier molecular flexibility index (Phi) is 5.11. The fraction of sp³-hybridized carbons (Fsp3) is 0.556.